The lowest BCUT2D eigenvalue weighted by Gasteiger charge is -2.33. The van der Waals surface area contributed by atoms with E-state index in [4.69, 9.17) is 4.74 Å². The van der Waals surface area contributed by atoms with E-state index in [1.807, 2.05) is 45.0 Å². The average molecular weight is 422 g/mol. The molecule has 1 saturated heterocycles. The highest BCUT2D eigenvalue weighted by atomic mass is 79.9. The Morgan fingerprint density at radius 2 is 1.92 bits per heavy atom. The summed E-state index contributed by atoms with van der Waals surface area (Å²) in [6.07, 6.45) is 1.15. The number of carbonyl (C=O) groups is 2. The third-order valence-corrected chi connectivity index (χ3v) is 4.80. The maximum Gasteiger partial charge on any atom is 0.410 e. The molecule has 2 aromatic rings. The number of amides is 2. The lowest BCUT2D eigenvalue weighted by atomic mass is 10.1. The van der Waals surface area contributed by atoms with E-state index >= 15 is 0 Å². The fourth-order valence-electron chi connectivity index (χ4n) is 3.02. The van der Waals surface area contributed by atoms with Gasteiger partial charge in [-0.15, -0.1) is 0 Å². The van der Waals surface area contributed by atoms with Crippen LogP contribution in [0.15, 0.2) is 28.7 Å². The number of carbonyl (C=O) groups excluding carboxylic acids is 2. The van der Waals surface area contributed by atoms with Gasteiger partial charge in [-0.25, -0.2) is 4.79 Å². The summed E-state index contributed by atoms with van der Waals surface area (Å²) in [4.78, 5) is 29.5. The van der Waals surface area contributed by atoms with Crippen LogP contribution in [0.1, 0.15) is 44.1 Å². The van der Waals surface area contributed by atoms with E-state index in [0.717, 1.165) is 28.2 Å². The van der Waals surface area contributed by atoms with Crippen molar-refractivity contribution in [1.29, 1.82) is 0 Å². The molecule has 26 heavy (non-hydrogen) atoms. The van der Waals surface area contributed by atoms with Crippen LogP contribution in [0.2, 0.25) is 0 Å². The Kier molecular flexibility index (Phi) is 5.27. The van der Waals surface area contributed by atoms with Gasteiger partial charge in [-0.2, -0.15) is 0 Å². The number of ether oxygens (including phenoxy) is 1. The Hall–Kier alpha value is -2.02. The van der Waals surface area contributed by atoms with Crippen molar-refractivity contribution in [1.82, 2.24) is 15.2 Å². The molecule has 2 amide bonds. The number of benzene rings is 1. The fraction of sp³-hybridized carbons (Fsp3) is 0.474. The lowest BCUT2D eigenvalue weighted by Crippen LogP contribution is -2.47. The number of nitrogens with zero attached hydrogens (tertiary/aromatic N) is 1. The van der Waals surface area contributed by atoms with Crippen LogP contribution in [-0.2, 0) is 4.74 Å². The zero-order chi connectivity index (χ0) is 18.9. The first-order chi connectivity index (χ1) is 12.2. The monoisotopic (exact) mass is 421 g/mol. The fourth-order valence-corrected chi connectivity index (χ4v) is 3.40. The standard InChI is InChI=1S/C19H24BrN3O3/c1-19(2,3)26-18(25)23-8-6-14(7-9-23)21-17(24)16-11-12-10-13(20)4-5-15(12)22-16/h4-5,10-11,14,22H,6-9H2,1-3H3,(H,21,24). The highest BCUT2D eigenvalue weighted by Gasteiger charge is 2.27. The molecule has 1 aliphatic heterocycles. The van der Waals surface area contributed by atoms with E-state index in [9.17, 15) is 9.59 Å². The van der Waals surface area contributed by atoms with E-state index in [2.05, 4.69) is 26.2 Å². The minimum absolute atomic E-state index is 0.0549. The second kappa shape index (κ2) is 7.31. The van der Waals surface area contributed by atoms with E-state index in [-0.39, 0.29) is 18.0 Å². The summed E-state index contributed by atoms with van der Waals surface area (Å²) in [6.45, 7) is 6.74. The molecule has 0 aliphatic carbocycles. The Labute approximate surface area is 161 Å². The highest BCUT2D eigenvalue weighted by molar-refractivity contribution is 9.10. The van der Waals surface area contributed by atoms with Gasteiger partial charge in [-0.05, 0) is 57.9 Å². The first kappa shape index (κ1) is 18.8. The molecule has 2 heterocycles. The zero-order valence-electron chi connectivity index (χ0n) is 15.3. The third kappa shape index (κ3) is 4.58. The zero-order valence-corrected chi connectivity index (χ0v) is 16.9. The van der Waals surface area contributed by atoms with Gasteiger partial charge in [-0.1, -0.05) is 15.9 Å². The van der Waals surface area contributed by atoms with Crippen LogP contribution in [0.3, 0.4) is 0 Å². The van der Waals surface area contributed by atoms with Crippen molar-refractivity contribution >= 4 is 38.8 Å². The third-order valence-electron chi connectivity index (χ3n) is 4.31. The first-order valence-corrected chi connectivity index (χ1v) is 9.58. The number of rotatable bonds is 2. The maximum atomic E-state index is 12.5. The Morgan fingerprint density at radius 1 is 1.23 bits per heavy atom. The van der Waals surface area contributed by atoms with Crippen LogP contribution in [0, 0.1) is 0 Å². The largest absolute Gasteiger partial charge is 0.444 e. The van der Waals surface area contributed by atoms with Gasteiger partial charge < -0.3 is 19.9 Å². The minimum atomic E-state index is -0.493. The molecule has 7 heteroatoms. The summed E-state index contributed by atoms with van der Waals surface area (Å²) in [5.74, 6) is -0.118. The topological polar surface area (TPSA) is 74.4 Å². The van der Waals surface area contributed by atoms with E-state index in [0.29, 0.717) is 18.8 Å². The molecule has 0 bridgehead atoms. The number of H-pyrrole nitrogens is 1. The van der Waals surface area contributed by atoms with Crippen molar-refractivity contribution in [3.8, 4) is 0 Å². The van der Waals surface area contributed by atoms with Crippen molar-refractivity contribution in [2.75, 3.05) is 13.1 Å². The summed E-state index contributed by atoms with van der Waals surface area (Å²) in [6, 6.07) is 7.76. The van der Waals surface area contributed by atoms with Gasteiger partial charge in [0.05, 0.1) is 0 Å². The van der Waals surface area contributed by atoms with Crippen LogP contribution in [-0.4, -0.2) is 46.6 Å². The van der Waals surface area contributed by atoms with E-state index in [1.54, 1.807) is 4.90 Å². The van der Waals surface area contributed by atoms with Crippen LogP contribution in [0.4, 0.5) is 4.79 Å². The first-order valence-electron chi connectivity index (χ1n) is 8.78. The van der Waals surface area contributed by atoms with Gasteiger partial charge in [-0.3, -0.25) is 4.79 Å². The van der Waals surface area contributed by atoms with Crippen LogP contribution in [0.25, 0.3) is 10.9 Å². The second-order valence-electron chi connectivity index (χ2n) is 7.63. The Morgan fingerprint density at radius 3 is 2.58 bits per heavy atom. The van der Waals surface area contributed by atoms with Gasteiger partial charge in [0.25, 0.3) is 5.91 Å². The lowest BCUT2D eigenvalue weighted by molar-refractivity contribution is 0.0199. The van der Waals surface area contributed by atoms with Crippen molar-refractivity contribution in [2.45, 2.75) is 45.3 Å². The molecule has 0 saturated carbocycles. The minimum Gasteiger partial charge on any atom is -0.444 e. The van der Waals surface area contributed by atoms with Crippen molar-refractivity contribution in [2.24, 2.45) is 0 Å². The van der Waals surface area contributed by atoms with Gasteiger partial charge in [0.15, 0.2) is 0 Å². The van der Waals surface area contributed by atoms with Crippen LogP contribution < -0.4 is 5.32 Å². The summed E-state index contributed by atoms with van der Waals surface area (Å²) in [5.41, 5.74) is 0.984. The van der Waals surface area contributed by atoms with Gasteiger partial charge in [0, 0.05) is 34.5 Å². The van der Waals surface area contributed by atoms with Crippen molar-refractivity contribution in [3.63, 3.8) is 0 Å². The SMILES string of the molecule is CC(C)(C)OC(=O)N1CCC(NC(=O)c2cc3cc(Br)ccc3[nH]2)CC1. The molecule has 1 aromatic carbocycles. The molecule has 1 aliphatic rings. The molecule has 1 aromatic heterocycles. The van der Waals surface area contributed by atoms with Crippen molar-refractivity contribution < 1.29 is 14.3 Å². The quantitative estimate of drug-likeness (QED) is 0.767. The second-order valence-corrected chi connectivity index (χ2v) is 8.55. The van der Waals surface area contributed by atoms with Crippen molar-refractivity contribution in [3.05, 3.63) is 34.4 Å². The number of fused-ring (bicyclic) bond motifs is 1. The van der Waals surface area contributed by atoms with Crippen LogP contribution >= 0.6 is 15.9 Å². The summed E-state index contributed by atoms with van der Waals surface area (Å²) >= 11 is 3.44. The van der Waals surface area contributed by atoms with Crippen LogP contribution in [0.5, 0.6) is 0 Å². The Balaban J connectivity index is 1.55. The molecular weight excluding hydrogens is 398 g/mol. The number of aromatic nitrogens is 1. The molecule has 0 radical (unpaired) electrons. The summed E-state index contributed by atoms with van der Waals surface area (Å²) in [5, 5.41) is 4.05. The van der Waals surface area contributed by atoms with E-state index < -0.39 is 5.60 Å². The number of likely N-dealkylation sites (tertiary alicyclic amines) is 1. The molecule has 0 unspecified atom stereocenters. The Bertz CT molecular complexity index is 817. The molecule has 1 fully saturated rings. The molecule has 0 atom stereocenters. The normalized spacial score (nSPS) is 15.9. The number of hydrogen-bond donors (Lipinski definition) is 2. The number of aromatic amines is 1. The number of nitrogens with one attached hydrogen (secondary N) is 2. The molecule has 2 N–H and O–H groups in total. The van der Waals surface area contributed by atoms with Gasteiger partial charge in [0.1, 0.15) is 11.3 Å². The number of hydrogen-bond acceptors (Lipinski definition) is 3. The predicted octanol–water partition coefficient (Wildman–Crippen LogP) is 4.06. The molecular formula is C19H24BrN3O3. The number of halogens is 1. The smallest absolute Gasteiger partial charge is 0.410 e. The van der Waals surface area contributed by atoms with Gasteiger partial charge in [0.2, 0.25) is 0 Å². The summed E-state index contributed by atoms with van der Waals surface area (Å²) < 4.78 is 6.37. The maximum absolute atomic E-state index is 12.5. The number of piperidine rings is 1. The van der Waals surface area contributed by atoms with E-state index in [1.165, 1.54) is 0 Å². The van der Waals surface area contributed by atoms with Gasteiger partial charge >= 0.3 is 6.09 Å². The molecule has 3 rings (SSSR count). The molecule has 140 valence electrons. The highest BCUT2D eigenvalue weighted by Crippen LogP contribution is 2.21. The molecule has 0 spiro atoms. The molecule has 6 nitrogen and oxygen atoms in total. The average Bonchev–Trinajstić information content (AvgIpc) is 2.97. The summed E-state index contributed by atoms with van der Waals surface area (Å²) in [7, 11) is 0. The predicted molar refractivity (Wildman–Crippen MR) is 104 cm³/mol.